The molecule has 1 aliphatic heterocycles. The largest absolute Gasteiger partial charge is 0.486 e. The molecule has 0 saturated heterocycles. The van der Waals surface area contributed by atoms with Crippen LogP contribution in [-0.2, 0) is 21.0 Å². The van der Waals surface area contributed by atoms with Crippen molar-refractivity contribution in [2.45, 2.75) is 30.0 Å². The SMILES string of the molecule is O=C(O)CC[C@H]1CN(S(=O)(=O)c2cccc(C(F)(F)F)c2)c2cc(-c3cccnc3Cl)ccc2O1. The topological polar surface area (TPSA) is 96.8 Å². The predicted octanol–water partition coefficient (Wildman–Crippen LogP) is 5.24. The van der Waals surface area contributed by atoms with Gasteiger partial charge in [-0.1, -0.05) is 23.7 Å². The van der Waals surface area contributed by atoms with Crippen LogP contribution in [0.1, 0.15) is 18.4 Å². The number of aromatic nitrogens is 1. The number of carboxylic acid groups (broad SMARTS) is 1. The number of ether oxygens (including phenoxy) is 1. The molecular formula is C23H18ClF3N2O5S. The van der Waals surface area contributed by atoms with Crippen LogP contribution in [-0.4, -0.2) is 37.1 Å². The van der Waals surface area contributed by atoms with Crippen molar-refractivity contribution in [2.75, 3.05) is 10.8 Å². The van der Waals surface area contributed by atoms with Gasteiger partial charge in [-0.25, -0.2) is 13.4 Å². The molecule has 0 amide bonds. The lowest BCUT2D eigenvalue weighted by Crippen LogP contribution is -2.43. The molecule has 1 atom stereocenters. The van der Waals surface area contributed by atoms with Gasteiger partial charge in [-0.05, 0) is 54.4 Å². The minimum atomic E-state index is -4.73. The third kappa shape index (κ3) is 5.20. The first-order valence-corrected chi connectivity index (χ1v) is 12.1. The second kappa shape index (κ2) is 9.38. The number of pyridine rings is 1. The molecule has 2 aromatic carbocycles. The first kappa shape index (κ1) is 24.8. The summed E-state index contributed by atoms with van der Waals surface area (Å²) in [6.45, 7) is -0.289. The van der Waals surface area contributed by atoms with Crippen molar-refractivity contribution in [3.05, 3.63) is 71.5 Å². The Hall–Kier alpha value is -3.31. The van der Waals surface area contributed by atoms with Crippen LogP contribution < -0.4 is 9.04 Å². The molecule has 184 valence electrons. The monoisotopic (exact) mass is 526 g/mol. The standard InChI is InChI=1S/C23H18ClF3N2O5S/c24-22-18(5-2-10-28-22)14-6-8-20-19(11-14)29(13-16(34-20)7-9-21(30)31)35(32,33)17-4-1-3-15(12-17)23(25,26)27/h1-6,8,10-12,16H,7,9,13H2,(H,30,31)/t16-/m0/s1. The Morgan fingerprint density at radius 1 is 1.17 bits per heavy atom. The van der Waals surface area contributed by atoms with Gasteiger partial charge in [-0.3, -0.25) is 9.10 Å². The highest BCUT2D eigenvalue weighted by Crippen LogP contribution is 2.42. The van der Waals surface area contributed by atoms with Crippen molar-refractivity contribution in [2.24, 2.45) is 0 Å². The van der Waals surface area contributed by atoms with Gasteiger partial charge in [0.25, 0.3) is 10.0 Å². The van der Waals surface area contributed by atoms with Crippen molar-refractivity contribution < 1.29 is 36.2 Å². The quantitative estimate of drug-likeness (QED) is 0.441. The second-order valence-corrected chi connectivity index (χ2v) is 9.98. The van der Waals surface area contributed by atoms with E-state index in [1.807, 2.05) is 0 Å². The van der Waals surface area contributed by atoms with E-state index >= 15 is 0 Å². The molecule has 0 radical (unpaired) electrons. The van der Waals surface area contributed by atoms with E-state index in [1.165, 1.54) is 18.3 Å². The molecular weight excluding hydrogens is 509 g/mol. The molecule has 4 rings (SSSR count). The normalized spacial score (nSPS) is 15.9. The average Bonchev–Trinajstić information content (AvgIpc) is 2.81. The first-order valence-electron chi connectivity index (χ1n) is 10.3. The molecule has 0 fully saturated rings. The lowest BCUT2D eigenvalue weighted by atomic mass is 10.0. The highest BCUT2D eigenvalue weighted by molar-refractivity contribution is 7.92. The van der Waals surface area contributed by atoms with Gasteiger partial charge in [0.15, 0.2) is 0 Å². The zero-order valence-corrected chi connectivity index (χ0v) is 19.4. The number of carbonyl (C=O) groups is 1. The summed E-state index contributed by atoms with van der Waals surface area (Å²) in [4.78, 5) is 14.5. The van der Waals surface area contributed by atoms with Gasteiger partial charge < -0.3 is 9.84 Å². The molecule has 2 heterocycles. The third-order valence-electron chi connectivity index (χ3n) is 5.39. The Labute approximate surface area is 203 Å². The van der Waals surface area contributed by atoms with E-state index in [9.17, 15) is 26.4 Å². The Bertz CT molecular complexity index is 1380. The van der Waals surface area contributed by atoms with Gasteiger partial charge in [0, 0.05) is 18.2 Å². The van der Waals surface area contributed by atoms with E-state index in [0.717, 1.165) is 22.5 Å². The number of nitrogens with zero attached hydrogens (tertiary/aromatic N) is 2. The number of halogens is 4. The summed E-state index contributed by atoms with van der Waals surface area (Å²) in [5.74, 6) is -0.945. The van der Waals surface area contributed by atoms with Gasteiger partial charge in [-0.2, -0.15) is 13.2 Å². The van der Waals surface area contributed by atoms with Crippen molar-refractivity contribution in [3.63, 3.8) is 0 Å². The van der Waals surface area contributed by atoms with Gasteiger partial charge in [0.2, 0.25) is 0 Å². The number of aliphatic carboxylic acids is 1. The smallest absolute Gasteiger partial charge is 0.416 e. The summed E-state index contributed by atoms with van der Waals surface area (Å²) >= 11 is 6.18. The molecule has 12 heteroatoms. The summed E-state index contributed by atoms with van der Waals surface area (Å²) in [7, 11) is -4.48. The maximum Gasteiger partial charge on any atom is 0.416 e. The van der Waals surface area contributed by atoms with Gasteiger partial charge in [0.1, 0.15) is 17.0 Å². The van der Waals surface area contributed by atoms with E-state index in [1.54, 1.807) is 18.2 Å². The molecule has 1 aliphatic rings. The van der Waals surface area contributed by atoms with E-state index in [0.29, 0.717) is 17.2 Å². The van der Waals surface area contributed by atoms with Crippen LogP contribution >= 0.6 is 11.6 Å². The number of fused-ring (bicyclic) bond motifs is 1. The number of hydrogen-bond acceptors (Lipinski definition) is 5. The second-order valence-electron chi connectivity index (χ2n) is 7.76. The maximum atomic E-state index is 13.6. The van der Waals surface area contributed by atoms with E-state index in [-0.39, 0.29) is 36.0 Å². The molecule has 0 spiro atoms. The van der Waals surface area contributed by atoms with Gasteiger partial charge >= 0.3 is 12.1 Å². The van der Waals surface area contributed by atoms with Crippen molar-refractivity contribution in [1.82, 2.24) is 4.98 Å². The highest BCUT2D eigenvalue weighted by atomic mass is 35.5. The van der Waals surface area contributed by atoms with Crippen LogP contribution in [0.2, 0.25) is 5.15 Å². The number of anilines is 1. The summed E-state index contributed by atoms with van der Waals surface area (Å²) < 4.78 is 73.7. The number of benzene rings is 2. The zero-order valence-electron chi connectivity index (χ0n) is 17.9. The average molecular weight is 527 g/mol. The molecule has 7 nitrogen and oxygen atoms in total. The number of sulfonamides is 1. The Morgan fingerprint density at radius 2 is 1.94 bits per heavy atom. The lowest BCUT2D eigenvalue weighted by Gasteiger charge is -2.35. The van der Waals surface area contributed by atoms with Crippen LogP contribution in [0.25, 0.3) is 11.1 Å². The fourth-order valence-electron chi connectivity index (χ4n) is 3.70. The highest BCUT2D eigenvalue weighted by Gasteiger charge is 2.37. The molecule has 0 saturated carbocycles. The van der Waals surface area contributed by atoms with E-state index in [4.69, 9.17) is 21.4 Å². The summed E-state index contributed by atoms with van der Waals surface area (Å²) in [6, 6.07) is 11.4. The number of carboxylic acids is 1. The van der Waals surface area contributed by atoms with E-state index in [2.05, 4.69) is 4.98 Å². The molecule has 1 N–H and O–H groups in total. The van der Waals surface area contributed by atoms with Crippen molar-refractivity contribution in [1.29, 1.82) is 0 Å². The van der Waals surface area contributed by atoms with Crippen LogP contribution in [0.15, 0.2) is 65.7 Å². The third-order valence-corrected chi connectivity index (χ3v) is 7.47. The Balaban J connectivity index is 1.82. The lowest BCUT2D eigenvalue weighted by molar-refractivity contribution is -0.138. The Morgan fingerprint density at radius 3 is 2.63 bits per heavy atom. The van der Waals surface area contributed by atoms with Crippen LogP contribution in [0.5, 0.6) is 5.75 Å². The molecule has 0 bridgehead atoms. The fourth-order valence-corrected chi connectivity index (χ4v) is 5.48. The molecule has 1 aromatic heterocycles. The van der Waals surface area contributed by atoms with Crippen LogP contribution in [0, 0.1) is 0 Å². The van der Waals surface area contributed by atoms with Gasteiger partial charge in [-0.15, -0.1) is 0 Å². The molecule has 3 aromatic rings. The number of hydrogen-bond donors (Lipinski definition) is 1. The minimum Gasteiger partial charge on any atom is -0.486 e. The minimum absolute atomic E-state index is 0.000428. The van der Waals surface area contributed by atoms with Gasteiger partial charge in [0.05, 0.1) is 22.7 Å². The van der Waals surface area contributed by atoms with Crippen LogP contribution in [0.3, 0.4) is 0 Å². The molecule has 0 unspecified atom stereocenters. The summed E-state index contributed by atoms with van der Waals surface area (Å²) in [5, 5.41) is 9.20. The van der Waals surface area contributed by atoms with Crippen LogP contribution in [0.4, 0.5) is 18.9 Å². The van der Waals surface area contributed by atoms with Crippen molar-refractivity contribution >= 4 is 33.3 Å². The maximum absolute atomic E-state index is 13.6. The number of rotatable bonds is 6. The first-order chi connectivity index (χ1) is 16.5. The Kier molecular flexibility index (Phi) is 6.65. The van der Waals surface area contributed by atoms with E-state index < -0.39 is 38.7 Å². The predicted molar refractivity (Wildman–Crippen MR) is 122 cm³/mol. The molecule has 0 aliphatic carbocycles. The van der Waals surface area contributed by atoms with Crippen molar-refractivity contribution in [3.8, 4) is 16.9 Å². The fraction of sp³-hybridized carbons (Fsp3) is 0.217. The molecule has 35 heavy (non-hydrogen) atoms. The summed E-state index contributed by atoms with van der Waals surface area (Å²) in [5.41, 5.74) is 0.0110. The zero-order chi connectivity index (χ0) is 25.4. The number of alkyl halides is 3. The summed E-state index contributed by atoms with van der Waals surface area (Å²) in [6.07, 6.45) is -4.35.